The maximum atomic E-state index is 12.0. The average molecular weight is 362 g/mol. The molecule has 1 N–H and O–H groups in total. The third-order valence-corrected chi connectivity index (χ3v) is 5.84. The summed E-state index contributed by atoms with van der Waals surface area (Å²) in [6, 6.07) is 0. The Balaban J connectivity index is 1.82. The number of aliphatic hydroxyl groups excluding tert-OH is 1. The fourth-order valence-electron chi connectivity index (χ4n) is 3.98. The number of rotatable bonds is 2. The molecule has 0 radical (unpaired) electrons. The van der Waals surface area contributed by atoms with E-state index in [1.54, 1.807) is 0 Å². The maximum absolute atomic E-state index is 12.0. The molecule has 0 bridgehead atoms. The summed E-state index contributed by atoms with van der Waals surface area (Å²) in [7, 11) is 1.43. The van der Waals surface area contributed by atoms with Crippen LogP contribution in [0.3, 0.4) is 0 Å². The maximum Gasteiger partial charge on any atom is 0.333 e. The number of hydrogen-bond donors (Lipinski definition) is 1. The summed E-state index contributed by atoms with van der Waals surface area (Å²) in [4.78, 5) is 12.0. The van der Waals surface area contributed by atoms with Crippen molar-refractivity contribution in [2.75, 3.05) is 20.3 Å². The molecule has 5 nitrogen and oxygen atoms in total. The van der Waals surface area contributed by atoms with Crippen LogP contribution in [0.25, 0.3) is 0 Å². The smallest absolute Gasteiger partial charge is 0.333 e. The van der Waals surface area contributed by atoms with Crippen molar-refractivity contribution in [1.29, 1.82) is 0 Å². The van der Waals surface area contributed by atoms with Gasteiger partial charge in [0.1, 0.15) is 0 Å². The van der Waals surface area contributed by atoms with E-state index < -0.39 is 0 Å². The molecule has 3 atom stereocenters. The Morgan fingerprint density at radius 2 is 2.19 bits per heavy atom. The highest BCUT2D eigenvalue weighted by Gasteiger charge is 2.51. The third-order valence-electron chi connectivity index (χ3n) is 5.84. The highest BCUT2D eigenvalue weighted by molar-refractivity contribution is 5.88. The molecule has 1 aliphatic carbocycles. The average Bonchev–Trinajstić information content (AvgIpc) is 3.11. The van der Waals surface area contributed by atoms with Gasteiger partial charge in [0.05, 0.1) is 38.1 Å². The zero-order chi connectivity index (χ0) is 18.7. The predicted octanol–water partition coefficient (Wildman–Crippen LogP) is 3.23. The molecule has 5 heteroatoms. The van der Waals surface area contributed by atoms with Gasteiger partial charge >= 0.3 is 5.97 Å². The van der Waals surface area contributed by atoms with Gasteiger partial charge in [0.25, 0.3) is 0 Å². The van der Waals surface area contributed by atoms with Crippen molar-refractivity contribution in [3.05, 3.63) is 34.4 Å². The van der Waals surface area contributed by atoms with Crippen LogP contribution in [0.1, 0.15) is 52.4 Å². The molecule has 1 fully saturated rings. The molecule has 0 aromatic carbocycles. The largest absolute Gasteiger partial charge is 0.466 e. The number of carbonyl (C=O) groups excluding carboxylic acids is 1. The van der Waals surface area contributed by atoms with Crippen molar-refractivity contribution >= 4 is 5.97 Å². The van der Waals surface area contributed by atoms with E-state index in [0.717, 1.165) is 43.3 Å². The van der Waals surface area contributed by atoms with E-state index in [1.165, 1.54) is 18.3 Å². The molecule has 0 spiro atoms. The number of carbonyl (C=O) groups is 1. The van der Waals surface area contributed by atoms with Crippen LogP contribution >= 0.6 is 0 Å². The van der Waals surface area contributed by atoms with E-state index in [0.29, 0.717) is 13.0 Å². The Hall–Kier alpha value is -1.43. The number of allylic oxidation sites excluding steroid dienone is 2. The molecule has 3 aliphatic rings. The van der Waals surface area contributed by atoms with E-state index in [9.17, 15) is 9.90 Å². The molecule has 3 rings (SSSR count). The number of hydrogen-bond acceptors (Lipinski definition) is 5. The van der Waals surface area contributed by atoms with Crippen molar-refractivity contribution < 1.29 is 24.1 Å². The van der Waals surface area contributed by atoms with Crippen LogP contribution in [0.4, 0.5) is 0 Å². The summed E-state index contributed by atoms with van der Waals surface area (Å²) in [5, 5.41) is 9.65. The molecule has 3 unspecified atom stereocenters. The van der Waals surface area contributed by atoms with Crippen LogP contribution in [0, 0.1) is 0 Å². The van der Waals surface area contributed by atoms with Crippen LogP contribution in [-0.4, -0.2) is 49.2 Å². The number of methoxy groups -OCH3 is 1. The topological polar surface area (TPSA) is 68.3 Å². The van der Waals surface area contributed by atoms with Crippen molar-refractivity contribution in [1.82, 2.24) is 0 Å². The van der Waals surface area contributed by atoms with E-state index in [2.05, 4.69) is 19.9 Å². The van der Waals surface area contributed by atoms with Crippen molar-refractivity contribution in [2.45, 2.75) is 70.2 Å². The first-order valence-corrected chi connectivity index (χ1v) is 9.52. The summed E-state index contributed by atoms with van der Waals surface area (Å²) in [6.45, 7) is 4.80. The zero-order valence-corrected chi connectivity index (χ0v) is 16.0. The highest BCUT2D eigenvalue weighted by atomic mass is 16.6. The summed E-state index contributed by atoms with van der Waals surface area (Å²) in [5.74, 6) is -0.238. The van der Waals surface area contributed by atoms with Crippen molar-refractivity contribution in [3.8, 4) is 0 Å². The van der Waals surface area contributed by atoms with E-state index in [1.807, 2.05) is 6.08 Å². The first kappa shape index (κ1) is 19.3. The zero-order valence-electron chi connectivity index (χ0n) is 16.0. The SMILES string of the molecule is COC(=O)C1=CCCC(C)=CC2OCC(CO)=C2CCC2(C)OC2CC1. The van der Waals surface area contributed by atoms with Crippen LogP contribution in [0.5, 0.6) is 0 Å². The van der Waals surface area contributed by atoms with Crippen LogP contribution in [0.15, 0.2) is 34.4 Å². The predicted molar refractivity (Wildman–Crippen MR) is 98.7 cm³/mol. The number of aliphatic hydroxyl groups is 1. The van der Waals surface area contributed by atoms with Gasteiger partial charge in [-0.3, -0.25) is 0 Å². The standard InChI is InChI=1S/C21H30O5/c1-14-5-4-6-15(20(23)24-3)7-8-19-21(2,26-19)10-9-17-16(12-22)13-25-18(17)11-14/h6,11,18-19,22H,4-5,7-10,12-13H2,1-3H3. The van der Waals surface area contributed by atoms with Crippen molar-refractivity contribution in [3.63, 3.8) is 0 Å². The van der Waals surface area contributed by atoms with Crippen molar-refractivity contribution in [2.24, 2.45) is 0 Å². The van der Waals surface area contributed by atoms with Gasteiger partial charge in [-0.25, -0.2) is 4.79 Å². The molecule has 144 valence electrons. The lowest BCUT2D eigenvalue weighted by molar-refractivity contribution is -0.136. The Labute approximate surface area is 155 Å². The molecule has 1 saturated heterocycles. The minimum Gasteiger partial charge on any atom is -0.466 e. The molecule has 26 heavy (non-hydrogen) atoms. The fraction of sp³-hybridized carbons (Fsp3) is 0.667. The molecule has 2 aliphatic heterocycles. The van der Waals surface area contributed by atoms with Crippen LogP contribution < -0.4 is 0 Å². The Bertz CT molecular complexity index is 645. The van der Waals surface area contributed by atoms with Gasteiger partial charge in [0.15, 0.2) is 0 Å². The second kappa shape index (κ2) is 8.07. The second-order valence-corrected chi connectivity index (χ2v) is 7.75. The van der Waals surface area contributed by atoms with Gasteiger partial charge in [-0.1, -0.05) is 17.7 Å². The molecule has 2 heterocycles. The number of epoxide rings is 1. The monoisotopic (exact) mass is 362 g/mol. The van der Waals surface area contributed by atoms with Gasteiger partial charge in [-0.15, -0.1) is 0 Å². The summed E-state index contributed by atoms with van der Waals surface area (Å²) >= 11 is 0. The summed E-state index contributed by atoms with van der Waals surface area (Å²) in [5.41, 5.74) is 4.06. The van der Waals surface area contributed by atoms with E-state index >= 15 is 0 Å². The Morgan fingerprint density at radius 3 is 2.92 bits per heavy atom. The fourth-order valence-corrected chi connectivity index (χ4v) is 3.98. The quantitative estimate of drug-likeness (QED) is 0.464. The molecular formula is C21H30O5. The van der Waals surface area contributed by atoms with Crippen LogP contribution in [0.2, 0.25) is 0 Å². The highest BCUT2D eigenvalue weighted by Crippen LogP contribution is 2.45. The van der Waals surface area contributed by atoms with Gasteiger partial charge in [-0.05, 0) is 63.5 Å². The number of ether oxygens (including phenoxy) is 3. The van der Waals surface area contributed by atoms with Crippen LogP contribution in [-0.2, 0) is 19.0 Å². The van der Waals surface area contributed by atoms with E-state index in [4.69, 9.17) is 14.2 Å². The van der Waals surface area contributed by atoms with E-state index in [-0.39, 0.29) is 30.4 Å². The Morgan fingerprint density at radius 1 is 1.38 bits per heavy atom. The van der Waals surface area contributed by atoms with Gasteiger partial charge in [0, 0.05) is 5.57 Å². The lowest BCUT2D eigenvalue weighted by atomic mass is 9.90. The van der Waals surface area contributed by atoms with Gasteiger partial charge in [0.2, 0.25) is 0 Å². The minimum atomic E-state index is -0.238. The molecule has 0 saturated carbocycles. The first-order chi connectivity index (χ1) is 12.5. The lowest BCUT2D eigenvalue weighted by Crippen LogP contribution is -2.15. The second-order valence-electron chi connectivity index (χ2n) is 7.75. The normalized spacial score (nSPS) is 32.8. The third kappa shape index (κ3) is 4.27. The lowest BCUT2D eigenvalue weighted by Gasteiger charge is -2.15. The molecule has 0 aromatic heterocycles. The van der Waals surface area contributed by atoms with Gasteiger partial charge in [-0.2, -0.15) is 0 Å². The Kier molecular flexibility index (Phi) is 6.00. The molecular weight excluding hydrogens is 332 g/mol. The number of fused-ring (bicyclic) bond motifs is 2. The number of esters is 1. The van der Waals surface area contributed by atoms with Gasteiger partial charge < -0.3 is 19.3 Å². The summed E-state index contributed by atoms with van der Waals surface area (Å²) < 4.78 is 16.8. The molecule has 0 aromatic rings. The molecule has 0 amide bonds. The minimum absolute atomic E-state index is 0.0510. The first-order valence-electron chi connectivity index (χ1n) is 9.52. The summed E-state index contributed by atoms with van der Waals surface area (Å²) in [6.07, 6.45) is 9.25.